The summed E-state index contributed by atoms with van der Waals surface area (Å²) in [6.45, 7) is 2.18. The molecule has 1 aliphatic heterocycles. The number of amides is 1. The Balaban J connectivity index is 2.02. The van der Waals surface area contributed by atoms with Gasteiger partial charge in [0.25, 0.3) is 0 Å². The van der Waals surface area contributed by atoms with E-state index in [4.69, 9.17) is 0 Å². The minimum absolute atomic E-state index is 0.0125. The van der Waals surface area contributed by atoms with Gasteiger partial charge in [0, 0.05) is 5.69 Å². The van der Waals surface area contributed by atoms with Crippen LogP contribution in [0.2, 0.25) is 0 Å². The summed E-state index contributed by atoms with van der Waals surface area (Å²) in [5, 5.41) is 2.89. The molecule has 1 unspecified atom stereocenters. The van der Waals surface area contributed by atoms with Gasteiger partial charge in [-0.05, 0) is 42.0 Å². The van der Waals surface area contributed by atoms with Crippen LogP contribution in [0.3, 0.4) is 0 Å². The van der Waals surface area contributed by atoms with Crippen LogP contribution in [0.4, 0.5) is 10.1 Å². The molecule has 0 saturated heterocycles. The Kier molecular flexibility index (Phi) is 2.65. The Bertz CT molecular complexity index is 491. The summed E-state index contributed by atoms with van der Waals surface area (Å²) in [5.41, 5.74) is 1.63. The van der Waals surface area contributed by atoms with Crippen LogP contribution in [0.25, 0.3) is 0 Å². The van der Waals surface area contributed by atoms with Crippen LogP contribution < -0.4 is 5.32 Å². The van der Waals surface area contributed by atoms with Gasteiger partial charge in [-0.25, -0.2) is 4.39 Å². The highest BCUT2D eigenvalue weighted by molar-refractivity contribution is 6.03. The summed E-state index contributed by atoms with van der Waals surface area (Å²) in [6, 6.07) is 4.61. The standard InChI is InChI=1S/C15H18FNO/c1-15(7-3-2-4-8-15)13-11-9-10(16)5-6-12(11)17-14(13)18/h5-6,9,13H,2-4,7-8H2,1H3,(H,17,18). The van der Waals surface area contributed by atoms with Crippen molar-refractivity contribution in [3.63, 3.8) is 0 Å². The van der Waals surface area contributed by atoms with E-state index in [0.717, 1.165) is 24.1 Å². The highest BCUT2D eigenvalue weighted by Gasteiger charge is 2.45. The Morgan fingerprint density at radius 2 is 2.00 bits per heavy atom. The maximum atomic E-state index is 13.4. The van der Waals surface area contributed by atoms with Crippen molar-refractivity contribution in [3.05, 3.63) is 29.6 Å². The molecule has 1 aromatic carbocycles. The maximum Gasteiger partial charge on any atom is 0.232 e. The summed E-state index contributed by atoms with van der Waals surface area (Å²) in [7, 11) is 0. The third-order valence-corrected chi connectivity index (χ3v) is 4.54. The second-order valence-corrected chi connectivity index (χ2v) is 5.87. The fourth-order valence-electron chi connectivity index (χ4n) is 3.57. The van der Waals surface area contributed by atoms with Crippen molar-refractivity contribution in [2.45, 2.75) is 44.9 Å². The summed E-state index contributed by atoms with van der Waals surface area (Å²) >= 11 is 0. The first-order valence-corrected chi connectivity index (χ1v) is 6.70. The lowest BCUT2D eigenvalue weighted by molar-refractivity contribution is -0.120. The number of hydrogen-bond donors (Lipinski definition) is 1. The normalized spacial score (nSPS) is 25.7. The Morgan fingerprint density at radius 1 is 1.28 bits per heavy atom. The number of benzene rings is 1. The van der Waals surface area contributed by atoms with E-state index in [2.05, 4.69) is 12.2 Å². The molecule has 1 aromatic rings. The number of fused-ring (bicyclic) bond motifs is 1. The smallest absolute Gasteiger partial charge is 0.232 e. The molecule has 3 heteroatoms. The first kappa shape index (κ1) is 11.7. The molecule has 0 aromatic heterocycles. The van der Waals surface area contributed by atoms with E-state index in [-0.39, 0.29) is 23.1 Å². The topological polar surface area (TPSA) is 29.1 Å². The van der Waals surface area contributed by atoms with Crippen LogP contribution in [-0.4, -0.2) is 5.91 Å². The highest BCUT2D eigenvalue weighted by Crippen LogP contribution is 2.51. The molecule has 0 radical (unpaired) electrons. The molecule has 2 aliphatic rings. The van der Waals surface area contributed by atoms with E-state index in [9.17, 15) is 9.18 Å². The summed E-state index contributed by atoms with van der Waals surface area (Å²) in [5.74, 6) is -0.391. The molecule has 2 nitrogen and oxygen atoms in total. The molecule has 0 bridgehead atoms. The minimum atomic E-state index is -0.255. The van der Waals surface area contributed by atoms with Crippen molar-refractivity contribution in [2.24, 2.45) is 5.41 Å². The average Bonchev–Trinajstić information content (AvgIpc) is 2.66. The molecule has 1 fully saturated rings. The predicted octanol–water partition coefficient (Wildman–Crippen LogP) is 3.83. The van der Waals surface area contributed by atoms with Crippen molar-refractivity contribution in [2.75, 3.05) is 5.32 Å². The van der Waals surface area contributed by atoms with E-state index >= 15 is 0 Å². The number of hydrogen-bond acceptors (Lipinski definition) is 1. The fraction of sp³-hybridized carbons (Fsp3) is 0.533. The van der Waals surface area contributed by atoms with Crippen LogP contribution in [0.5, 0.6) is 0 Å². The maximum absolute atomic E-state index is 13.4. The van der Waals surface area contributed by atoms with Crippen molar-refractivity contribution < 1.29 is 9.18 Å². The van der Waals surface area contributed by atoms with E-state index < -0.39 is 0 Å². The number of carbonyl (C=O) groups excluding carboxylic acids is 1. The number of halogens is 1. The number of nitrogens with one attached hydrogen (secondary N) is 1. The minimum Gasteiger partial charge on any atom is -0.325 e. The zero-order valence-electron chi connectivity index (χ0n) is 10.6. The molecule has 1 saturated carbocycles. The summed E-state index contributed by atoms with van der Waals surface area (Å²) < 4.78 is 13.4. The van der Waals surface area contributed by atoms with Crippen LogP contribution in [-0.2, 0) is 4.79 Å². The van der Waals surface area contributed by atoms with Crippen molar-refractivity contribution in [1.82, 2.24) is 0 Å². The second kappa shape index (κ2) is 4.08. The van der Waals surface area contributed by atoms with Gasteiger partial charge < -0.3 is 5.32 Å². The van der Waals surface area contributed by atoms with Gasteiger partial charge in [-0.15, -0.1) is 0 Å². The lowest BCUT2D eigenvalue weighted by atomic mass is 9.65. The monoisotopic (exact) mass is 247 g/mol. The highest BCUT2D eigenvalue weighted by atomic mass is 19.1. The molecule has 3 rings (SSSR count). The van der Waals surface area contributed by atoms with Crippen molar-refractivity contribution in [3.8, 4) is 0 Å². The molecule has 1 heterocycles. The summed E-state index contributed by atoms with van der Waals surface area (Å²) in [4.78, 5) is 12.2. The number of anilines is 1. The van der Waals surface area contributed by atoms with Gasteiger partial charge in [0.15, 0.2) is 0 Å². The van der Waals surface area contributed by atoms with Gasteiger partial charge in [0.2, 0.25) is 5.91 Å². The SMILES string of the molecule is CC1(C2C(=O)Nc3ccc(F)cc32)CCCCC1. The third kappa shape index (κ3) is 1.73. The Hall–Kier alpha value is -1.38. The van der Waals surface area contributed by atoms with Crippen LogP contribution in [0.15, 0.2) is 18.2 Å². The van der Waals surface area contributed by atoms with Gasteiger partial charge in [0.1, 0.15) is 5.82 Å². The average molecular weight is 247 g/mol. The molecular formula is C15H18FNO. The molecule has 1 aliphatic carbocycles. The van der Waals surface area contributed by atoms with Crippen molar-refractivity contribution >= 4 is 11.6 Å². The van der Waals surface area contributed by atoms with E-state index in [1.165, 1.54) is 31.4 Å². The van der Waals surface area contributed by atoms with E-state index in [1.807, 2.05) is 0 Å². The van der Waals surface area contributed by atoms with E-state index in [0.29, 0.717) is 0 Å². The molecule has 96 valence electrons. The number of rotatable bonds is 1. The van der Waals surface area contributed by atoms with Crippen LogP contribution in [0, 0.1) is 11.2 Å². The van der Waals surface area contributed by atoms with Gasteiger partial charge in [-0.3, -0.25) is 4.79 Å². The second-order valence-electron chi connectivity index (χ2n) is 5.87. The number of carbonyl (C=O) groups is 1. The lowest BCUT2D eigenvalue weighted by Crippen LogP contribution is -2.32. The molecule has 18 heavy (non-hydrogen) atoms. The van der Waals surface area contributed by atoms with Gasteiger partial charge in [-0.1, -0.05) is 26.2 Å². The van der Waals surface area contributed by atoms with Gasteiger partial charge in [0.05, 0.1) is 5.92 Å². The summed E-state index contributed by atoms with van der Waals surface area (Å²) in [6.07, 6.45) is 5.71. The first-order chi connectivity index (χ1) is 8.60. The quantitative estimate of drug-likeness (QED) is 0.802. The molecule has 1 N–H and O–H groups in total. The predicted molar refractivity (Wildman–Crippen MR) is 69.0 cm³/mol. The van der Waals surface area contributed by atoms with Crippen molar-refractivity contribution in [1.29, 1.82) is 0 Å². The molecule has 1 amide bonds. The largest absolute Gasteiger partial charge is 0.325 e. The van der Waals surface area contributed by atoms with E-state index in [1.54, 1.807) is 6.07 Å². The zero-order chi connectivity index (χ0) is 12.8. The third-order valence-electron chi connectivity index (χ3n) is 4.54. The van der Waals surface area contributed by atoms with Crippen LogP contribution >= 0.6 is 0 Å². The van der Waals surface area contributed by atoms with Gasteiger partial charge >= 0.3 is 0 Å². The Morgan fingerprint density at radius 3 is 2.72 bits per heavy atom. The van der Waals surface area contributed by atoms with Gasteiger partial charge in [-0.2, -0.15) is 0 Å². The molecule has 1 atom stereocenters. The lowest BCUT2D eigenvalue weighted by Gasteiger charge is -2.37. The Labute approximate surface area is 107 Å². The zero-order valence-corrected chi connectivity index (χ0v) is 10.6. The molecular weight excluding hydrogens is 229 g/mol. The van der Waals surface area contributed by atoms with Crippen LogP contribution in [0.1, 0.15) is 50.5 Å². The first-order valence-electron chi connectivity index (χ1n) is 6.70. The fourth-order valence-corrected chi connectivity index (χ4v) is 3.57. The molecule has 0 spiro atoms.